The highest BCUT2D eigenvalue weighted by molar-refractivity contribution is 8.00. The van der Waals surface area contributed by atoms with E-state index in [0.29, 0.717) is 13.2 Å². The fourth-order valence-corrected chi connectivity index (χ4v) is 1.30. The Hall–Kier alpha value is -0.360. The van der Waals surface area contributed by atoms with Crippen LogP contribution in [0.4, 0.5) is 0 Å². The zero-order valence-corrected chi connectivity index (χ0v) is 11.2. The highest BCUT2D eigenvalue weighted by atomic mass is 32.2. The molecule has 84 valence electrons. The van der Waals surface area contributed by atoms with Gasteiger partial charge in [0, 0.05) is 0 Å². The number of nitriles is 2. The summed E-state index contributed by atoms with van der Waals surface area (Å²) in [6, 6.07) is 4.40. The van der Waals surface area contributed by atoms with Crippen molar-refractivity contribution in [3.8, 4) is 12.1 Å². The second-order valence-electron chi connectivity index (χ2n) is 3.59. The molecule has 2 atom stereocenters. The van der Waals surface area contributed by atoms with Crippen LogP contribution in [0.5, 0.6) is 0 Å². The van der Waals surface area contributed by atoms with Crippen LogP contribution >= 0.6 is 23.5 Å². The Kier molecular flexibility index (Phi) is 6.12. The molecule has 0 heterocycles. The molecule has 0 saturated carbocycles. The van der Waals surface area contributed by atoms with Crippen LogP contribution in [0, 0.1) is 22.7 Å². The standard InChI is InChI=1S/C10H16N2OS2/c1-9(5-11,14-3)7-13-8-10(2,6-12)15-4/h7-8H2,1-4H3. The average Bonchev–Trinajstić information content (AvgIpc) is 2.28. The molecule has 0 spiro atoms. The predicted octanol–water partition coefficient (Wildman–Crippen LogP) is 2.29. The molecule has 0 aliphatic carbocycles. The zero-order valence-electron chi connectivity index (χ0n) is 9.53. The van der Waals surface area contributed by atoms with E-state index in [2.05, 4.69) is 12.1 Å². The lowest BCUT2D eigenvalue weighted by Crippen LogP contribution is -2.30. The van der Waals surface area contributed by atoms with Crippen molar-refractivity contribution >= 4 is 23.5 Å². The summed E-state index contributed by atoms with van der Waals surface area (Å²) in [5, 5.41) is 17.8. The van der Waals surface area contributed by atoms with Crippen LogP contribution in [-0.2, 0) is 4.74 Å². The van der Waals surface area contributed by atoms with E-state index in [1.807, 2.05) is 26.4 Å². The van der Waals surface area contributed by atoms with Gasteiger partial charge in [0.15, 0.2) is 0 Å². The molecule has 0 aliphatic rings. The Morgan fingerprint density at radius 1 is 1.00 bits per heavy atom. The maximum absolute atomic E-state index is 8.91. The van der Waals surface area contributed by atoms with Gasteiger partial charge in [0.2, 0.25) is 0 Å². The summed E-state index contributed by atoms with van der Waals surface area (Å²) in [7, 11) is 0. The second-order valence-corrected chi connectivity index (χ2v) is 6.20. The first kappa shape index (κ1) is 14.6. The van der Waals surface area contributed by atoms with Gasteiger partial charge in [-0.05, 0) is 26.4 Å². The first-order valence-corrected chi connectivity index (χ1v) is 6.91. The summed E-state index contributed by atoms with van der Waals surface area (Å²) in [6.07, 6.45) is 3.76. The summed E-state index contributed by atoms with van der Waals surface area (Å²) in [4.78, 5) is 0. The average molecular weight is 244 g/mol. The van der Waals surface area contributed by atoms with Crippen LogP contribution in [0.25, 0.3) is 0 Å². The van der Waals surface area contributed by atoms with Gasteiger partial charge in [-0.15, -0.1) is 23.5 Å². The van der Waals surface area contributed by atoms with Crippen molar-refractivity contribution in [3.63, 3.8) is 0 Å². The number of thioether (sulfide) groups is 2. The molecule has 0 aromatic carbocycles. The smallest absolute Gasteiger partial charge is 0.123 e. The van der Waals surface area contributed by atoms with Crippen LogP contribution in [0.1, 0.15) is 13.8 Å². The molecule has 2 unspecified atom stereocenters. The van der Waals surface area contributed by atoms with Crippen LogP contribution in [-0.4, -0.2) is 35.2 Å². The molecule has 0 saturated heterocycles. The molecule has 0 bridgehead atoms. The second kappa shape index (κ2) is 6.27. The van der Waals surface area contributed by atoms with Crippen LogP contribution in [0.2, 0.25) is 0 Å². The predicted molar refractivity (Wildman–Crippen MR) is 65.9 cm³/mol. The van der Waals surface area contributed by atoms with Crippen molar-refractivity contribution in [1.82, 2.24) is 0 Å². The topological polar surface area (TPSA) is 56.8 Å². The van der Waals surface area contributed by atoms with Gasteiger partial charge in [-0.3, -0.25) is 0 Å². The Morgan fingerprint density at radius 3 is 1.53 bits per heavy atom. The number of ether oxygens (including phenoxy) is 1. The lowest BCUT2D eigenvalue weighted by atomic mass is 10.2. The third-order valence-electron chi connectivity index (χ3n) is 2.13. The summed E-state index contributed by atoms with van der Waals surface area (Å²) in [5.41, 5.74) is 0. The molecule has 0 aromatic heterocycles. The molecule has 15 heavy (non-hydrogen) atoms. The fraction of sp³-hybridized carbons (Fsp3) is 0.800. The molecule has 3 nitrogen and oxygen atoms in total. The van der Waals surface area contributed by atoms with Gasteiger partial charge in [0.05, 0.1) is 25.4 Å². The van der Waals surface area contributed by atoms with E-state index in [4.69, 9.17) is 15.3 Å². The summed E-state index contributed by atoms with van der Waals surface area (Å²) in [5.74, 6) is 0. The lowest BCUT2D eigenvalue weighted by molar-refractivity contribution is 0.119. The molecule has 0 radical (unpaired) electrons. The van der Waals surface area contributed by atoms with Gasteiger partial charge < -0.3 is 4.74 Å². The van der Waals surface area contributed by atoms with Gasteiger partial charge >= 0.3 is 0 Å². The van der Waals surface area contributed by atoms with E-state index in [1.165, 1.54) is 23.5 Å². The Labute approximate surface area is 100 Å². The van der Waals surface area contributed by atoms with E-state index in [1.54, 1.807) is 0 Å². The summed E-state index contributed by atoms with van der Waals surface area (Å²) < 4.78 is 4.40. The molecule has 0 aromatic rings. The van der Waals surface area contributed by atoms with Crippen molar-refractivity contribution in [1.29, 1.82) is 10.5 Å². The minimum absolute atomic E-state index is 0.350. The van der Waals surface area contributed by atoms with Gasteiger partial charge in [-0.1, -0.05) is 0 Å². The molecule has 5 heteroatoms. The maximum atomic E-state index is 8.91. The monoisotopic (exact) mass is 244 g/mol. The highest BCUT2D eigenvalue weighted by Gasteiger charge is 2.27. The van der Waals surface area contributed by atoms with Crippen LogP contribution < -0.4 is 0 Å². The number of nitrogens with zero attached hydrogens (tertiary/aromatic N) is 2. The Morgan fingerprint density at radius 2 is 1.33 bits per heavy atom. The van der Waals surface area contributed by atoms with Crippen molar-refractivity contribution in [2.45, 2.75) is 23.3 Å². The molecule has 0 amide bonds. The van der Waals surface area contributed by atoms with Crippen molar-refractivity contribution in [2.24, 2.45) is 0 Å². The fourth-order valence-electron chi connectivity index (χ4n) is 0.714. The summed E-state index contributed by atoms with van der Waals surface area (Å²) >= 11 is 2.92. The zero-order chi connectivity index (χ0) is 11.9. The summed E-state index contributed by atoms with van der Waals surface area (Å²) in [6.45, 7) is 4.37. The van der Waals surface area contributed by atoms with Gasteiger partial charge in [0.1, 0.15) is 9.49 Å². The normalized spacial score (nSPS) is 18.3. The molecule has 0 rings (SSSR count). The largest absolute Gasteiger partial charge is 0.376 e. The van der Waals surface area contributed by atoms with E-state index < -0.39 is 9.49 Å². The van der Waals surface area contributed by atoms with Gasteiger partial charge in [-0.2, -0.15) is 10.5 Å². The Balaban J connectivity index is 4.11. The quantitative estimate of drug-likeness (QED) is 0.717. The Bertz CT molecular complexity index is 256. The number of rotatable bonds is 6. The highest BCUT2D eigenvalue weighted by Crippen LogP contribution is 2.25. The minimum atomic E-state index is -0.519. The molecular formula is C10H16N2OS2. The molecular weight excluding hydrogens is 228 g/mol. The first-order chi connectivity index (χ1) is 6.95. The molecule has 0 fully saturated rings. The number of hydrogen-bond acceptors (Lipinski definition) is 5. The van der Waals surface area contributed by atoms with Crippen molar-refractivity contribution in [2.75, 3.05) is 25.7 Å². The van der Waals surface area contributed by atoms with E-state index in [-0.39, 0.29) is 0 Å². The third kappa shape index (κ3) is 4.79. The maximum Gasteiger partial charge on any atom is 0.123 e. The molecule has 0 aliphatic heterocycles. The van der Waals surface area contributed by atoms with E-state index in [9.17, 15) is 0 Å². The third-order valence-corrected chi connectivity index (χ3v) is 4.35. The van der Waals surface area contributed by atoms with Crippen LogP contribution in [0.3, 0.4) is 0 Å². The van der Waals surface area contributed by atoms with Gasteiger partial charge in [-0.25, -0.2) is 0 Å². The first-order valence-electron chi connectivity index (χ1n) is 4.46. The minimum Gasteiger partial charge on any atom is -0.376 e. The lowest BCUT2D eigenvalue weighted by Gasteiger charge is -2.23. The van der Waals surface area contributed by atoms with Crippen molar-refractivity contribution < 1.29 is 4.74 Å². The van der Waals surface area contributed by atoms with Crippen LogP contribution in [0.15, 0.2) is 0 Å². The molecule has 0 N–H and O–H groups in total. The van der Waals surface area contributed by atoms with Gasteiger partial charge in [0.25, 0.3) is 0 Å². The van der Waals surface area contributed by atoms with Crippen molar-refractivity contribution in [3.05, 3.63) is 0 Å². The van der Waals surface area contributed by atoms with E-state index in [0.717, 1.165) is 0 Å². The SMILES string of the molecule is CSC(C)(C#N)COCC(C)(C#N)SC. The number of hydrogen-bond donors (Lipinski definition) is 0. The van der Waals surface area contributed by atoms with E-state index >= 15 is 0 Å².